The van der Waals surface area contributed by atoms with Gasteiger partial charge in [-0.05, 0) is 27.2 Å². The molecule has 0 spiro atoms. The smallest absolute Gasteiger partial charge is 0.126 e. The Morgan fingerprint density at radius 3 is 1.82 bits per heavy atom. The summed E-state index contributed by atoms with van der Waals surface area (Å²) in [6.45, 7) is 6.91. The van der Waals surface area contributed by atoms with Crippen LogP contribution in [0.25, 0.3) is 0 Å². The van der Waals surface area contributed by atoms with Crippen LogP contribution in [-0.2, 0) is 4.79 Å². The minimum atomic E-state index is 0.167. The summed E-state index contributed by atoms with van der Waals surface area (Å²) in [5.74, 6) is 0.167. The Hall–Kier alpha value is -0.860. The molecule has 0 fully saturated rings. The monoisotopic (exact) mass is 159 g/mol. The van der Waals surface area contributed by atoms with Crippen LogP contribution in [0.3, 0.4) is 0 Å². The fourth-order valence-electron chi connectivity index (χ4n) is 0.412. The van der Waals surface area contributed by atoms with Gasteiger partial charge in [-0.15, -0.1) is 0 Å². The zero-order chi connectivity index (χ0) is 9.28. The highest BCUT2D eigenvalue weighted by Gasteiger charge is 1.84. The maximum atomic E-state index is 9.44. The second-order valence-electron chi connectivity index (χ2n) is 2.49. The third-order valence-corrected chi connectivity index (χ3v) is 0.783. The van der Waals surface area contributed by atoms with Crippen LogP contribution >= 0.6 is 0 Å². The summed E-state index contributed by atoms with van der Waals surface area (Å²) in [5.41, 5.74) is 0.808. The van der Waals surface area contributed by atoms with Crippen LogP contribution in [0.5, 0.6) is 0 Å². The van der Waals surface area contributed by atoms with Crippen molar-refractivity contribution in [2.24, 2.45) is 5.16 Å². The summed E-state index contributed by atoms with van der Waals surface area (Å²) < 4.78 is 0. The number of Topliss-reactive ketones (excluding diaryl/α,β-unsaturated/α-hetero) is 1. The predicted molar refractivity (Wildman–Crippen MR) is 46.2 cm³/mol. The molecule has 0 aromatic rings. The van der Waals surface area contributed by atoms with Crippen molar-refractivity contribution >= 4 is 11.5 Å². The van der Waals surface area contributed by atoms with Gasteiger partial charge in [-0.1, -0.05) is 18.5 Å². The second-order valence-corrected chi connectivity index (χ2v) is 2.49. The van der Waals surface area contributed by atoms with E-state index in [0.717, 1.165) is 18.6 Å². The lowest BCUT2D eigenvalue weighted by molar-refractivity contribution is -0.114. The van der Waals surface area contributed by atoms with Gasteiger partial charge in [-0.2, -0.15) is 0 Å². The van der Waals surface area contributed by atoms with Gasteiger partial charge in [0.05, 0.1) is 5.71 Å². The molecule has 0 unspecified atom stereocenters. The molecule has 11 heavy (non-hydrogen) atoms. The third kappa shape index (κ3) is 27.2. The van der Waals surface area contributed by atoms with Crippen molar-refractivity contribution in [2.45, 2.75) is 40.5 Å². The molecule has 0 heterocycles. The number of rotatable bonds is 2. The fourth-order valence-corrected chi connectivity index (χ4v) is 0.412. The highest BCUT2D eigenvalue weighted by atomic mass is 16.4. The number of oxime groups is 1. The molecule has 3 nitrogen and oxygen atoms in total. The Balaban J connectivity index is 0. The lowest BCUT2D eigenvalue weighted by Gasteiger charge is -1.87. The number of nitrogens with zero attached hydrogens (tertiary/aromatic N) is 1. The van der Waals surface area contributed by atoms with E-state index in [0.29, 0.717) is 0 Å². The van der Waals surface area contributed by atoms with Crippen LogP contribution in [0.4, 0.5) is 0 Å². The molecule has 0 saturated heterocycles. The van der Waals surface area contributed by atoms with Crippen molar-refractivity contribution in [3.8, 4) is 0 Å². The van der Waals surface area contributed by atoms with E-state index in [9.17, 15) is 4.79 Å². The van der Waals surface area contributed by atoms with Crippen LogP contribution in [-0.4, -0.2) is 16.7 Å². The van der Waals surface area contributed by atoms with E-state index in [4.69, 9.17) is 5.21 Å². The van der Waals surface area contributed by atoms with Crippen LogP contribution in [0.1, 0.15) is 40.5 Å². The van der Waals surface area contributed by atoms with E-state index in [2.05, 4.69) is 12.1 Å². The Labute approximate surface area is 68.1 Å². The molecule has 1 N–H and O–H groups in total. The van der Waals surface area contributed by atoms with Gasteiger partial charge >= 0.3 is 0 Å². The summed E-state index contributed by atoms with van der Waals surface area (Å²) in [4.78, 5) is 9.44. The van der Waals surface area contributed by atoms with Gasteiger partial charge in [0, 0.05) is 0 Å². The van der Waals surface area contributed by atoms with Crippen molar-refractivity contribution in [1.82, 2.24) is 0 Å². The molecule has 0 amide bonds. The largest absolute Gasteiger partial charge is 0.411 e. The molecule has 3 heteroatoms. The Morgan fingerprint density at radius 1 is 1.36 bits per heavy atom. The highest BCUT2D eigenvalue weighted by molar-refractivity contribution is 5.81. The topological polar surface area (TPSA) is 49.7 Å². The molecular formula is C8H17NO2. The Bertz CT molecular complexity index is 126. The first-order valence-corrected chi connectivity index (χ1v) is 3.69. The average Bonchev–Trinajstić information content (AvgIpc) is 1.87. The first-order valence-electron chi connectivity index (χ1n) is 3.69. The van der Waals surface area contributed by atoms with E-state index in [1.165, 1.54) is 13.8 Å². The van der Waals surface area contributed by atoms with E-state index >= 15 is 0 Å². The molecule has 0 saturated carbocycles. The molecule has 0 aliphatic rings. The summed E-state index contributed by atoms with van der Waals surface area (Å²) in [7, 11) is 0. The van der Waals surface area contributed by atoms with E-state index in [1.54, 1.807) is 0 Å². The molecule has 66 valence electrons. The van der Waals surface area contributed by atoms with Crippen LogP contribution in [0.2, 0.25) is 0 Å². The Morgan fingerprint density at radius 2 is 1.73 bits per heavy atom. The van der Waals surface area contributed by atoms with Crippen molar-refractivity contribution in [3.05, 3.63) is 0 Å². The van der Waals surface area contributed by atoms with Gasteiger partial charge in [0.1, 0.15) is 5.78 Å². The molecule has 0 atom stereocenters. The lowest BCUT2D eigenvalue weighted by atomic mass is 10.2. The normalized spacial score (nSPS) is 10.0. The number of carbonyl (C=O) groups is 1. The van der Waals surface area contributed by atoms with Gasteiger partial charge in [-0.3, -0.25) is 0 Å². The fraction of sp³-hybridized carbons (Fsp3) is 0.750. The predicted octanol–water partition coefficient (Wildman–Crippen LogP) is 2.23. The third-order valence-electron chi connectivity index (χ3n) is 0.783. The zero-order valence-electron chi connectivity index (χ0n) is 7.72. The van der Waals surface area contributed by atoms with Crippen molar-refractivity contribution in [3.63, 3.8) is 0 Å². The molecule has 0 bridgehead atoms. The van der Waals surface area contributed by atoms with Gasteiger partial charge in [0.25, 0.3) is 0 Å². The van der Waals surface area contributed by atoms with E-state index < -0.39 is 0 Å². The number of carbonyl (C=O) groups excluding carboxylic acids is 1. The van der Waals surface area contributed by atoms with Gasteiger partial charge in [0.2, 0.25) is 0 Å². The zero-order valence-corrected chi connectivity index (χ0v) is 7.72. The Kier molecular flexibility index (Phi) is 10.6. The average molecular weight is 159 g/mol. The minimum Gasteiger partial charge on any atom is -0.411 e. The molecule has 0 aliphatic heterocycles. The first-order chi connectivity index (χ1) is 5.04. The lowest BCUT2D eigenvalue weighted by Crippen LogP contribution is -1.87. The summed E-state index contributed by atoms with van der Waals surface area (Å²) >= 11 is 0. The van der Waals surface area contributed by atoms with Gasteiger partial charge in [0.15, 0.2) is 0 Å². The van der Waals surface area contributed by atoms with Gasteiger partial charge in [-0.25, -0.2) is 0 Å². The first kappa shape index (κ1) is 12.8. The van der Waals surface area contributed by atoms with Crippen molar-refractivity contribution in [2.75, 3.05) is 0 Å². The standard InChI is InChI=1S/C5H11NO.C3H6O/c1-3-4-5(2)6-7;1-3(2)4/h7H,3-4H2,1-2H3;1-2H3. The van der Waals surface area contributed by atoms with E-state index in [-0.39, 0.29) is 5.78 Å². The summed E-state index contributed by atoms with van der Waals surface area (Å²) in [5, 5.41) is 11.0. The second kappa shape index (κ2) is 9.14. The molecule has 0 aromatic carbocycles. The maximum absolute atomic E-state index is 9.44. The number of hydrogen-bond acceptors (Lipinski definition) is 3. The molecule has 0 rings (SSSR count). The van der Waals surface area contributed by atoms with E-state index in [1.807, 2.05) is 6.92 Å². The summed E-state index contributed by atoms with van der Waals surface area (Å²) in [6, 6.07) is 0. The van der Waals surface area contributed by atoms with Crippen molar-refractivity contribution in [1.29, 1.82) is 0 Å². The minimum absolute atomic E-state index is 0.167. The quantitative estimate of drug-likeness (QED) is 0.381. The SMILES string of the molecule is CC(C)=O.CCCC(C)=NO. The molecule has 0 aliphatic carbocycles. The van der Waals surface area contributed by atoms with Crippen LogP contribution in [0, 0.1) is 0 Å². The molecule has 0 aromatic heterocycles. The van der Waals surface area contributed by atoms with Crippen molar-refractivity contribution < 1.29 is 10.0 Å². The highest BCUT2D eigenvalue weighted by Crippen LogP contribution is 1.88. The number of hydrogen-bond donors (Lipinski definition) is 1. The summed E-state index contributed by atoms with van der Waals surface area (Å²) in [6.07, 6.45) is 1.95. The van der Waals surface area contributed by atoms with Crippen LogP contribution < -0.4 is 0 Å². The van der Waals surface area contributed by atoms with Crippen LogP contribution in [0.15, 0.2) is 5.16 Å². The van der Waals surface area contributed by atoms with Gasteiger partial charge < -0.3 is 10.0 Å². The molecule has 0 radical (unpaired) electrons. The maximum Gasteiger partial charge on any atom is 0.126 e. The molecular weight excluding hydrogens is 142 g/mol. The number of ketones is 1.